The molecule has 1 N–H and O–H groups in total. The molecular weight excluding hydrogens is 162 g/mol. The zero-order valence-corrected chi connectivity index (χ0v) is 9.18. The van der Waals surface area contributed by atoms with Crippen molar-refractivity contribution in [2.45, 2.75) is 52.2 Å². The maximum absolute atomic E-state index is 5.59. The lowest BCUT2D eigenvalue weighted by Gasteiger charge is -2.22. The molecule has 0 aliphatic carbocycles. The van der Waals surface area contributed by atoms with E-state index < -0.39 is 0 Å². The highest BCUT2D eigenvalue weighted by molar-refractivity contribution is 4.81. The molecular formula is C11H23NO. The van der Waals surface area contributed by atoms with Crippen molar-refractivity contribution in [2.24, 2.45) is 5.92 Å². The fourth-order valence-electron chi connectivity index (χ4n) is 2.10. The fraction of sp³-hybridized carbons (Fsp3) is 1.00. The lowest BCUT2D eigenvalue weighted by Crippen LogP contribution is -2.36. The van der Waals surface area contributed by atoms with Crippen LogP contribution in [0.3, 0.4) is 0 Å². The summed E-state index contributed by atoms with van der Waals surface area (Å²) in [6.07, 6.45) is 4.15. The van der Waals surface area contributed by atoms with Gasteiger partial charge in [-0.25, -0.2) is 0 Å². The summed E-state index contributed by atoms with van der Waals surface area (Å²) in [4.78, 5) is 0. The van der Waals surface area contributed by atoms with Crippen LogP contribution in [0.5, 0.6) is 0 Å². The molecule has 0 spiro atoms. The zero-order chi connectivity index (χ0) is 9.68. The molecule has 0 amide bonds. The Morgan fingerprint density at radius 3 is 2.69 bits per heavy atom. The quantitative estimate of drug-likeness (QED) is 0.709. The standard InChI is InChI=1S/C11H23NO/c1-4-6-12-11(5-2)10-7-9(3)13-8-10/h9-12H,4-8H2,1-3H3. The van der Waals surface area contributed by atoms with Crippen molar-refractivity contribution in [3.63, 3.8) is 0 Å². The van der Waals surface area contributed by atoms with E-state index in [0.29, 0.717) is 12.1 Å². The summed E-state index contributed by atoms with van der Waals surface area (Å²) in [6, 6.07) is 0.671. The average molecular weight is 185 g/mol. The van der Waals surface area contributed by atoms with Gasteiger partial charge in [-0.1, -0.05) is 13.8 Å². The Morgan fingerprint density at radius 1 is 1.46 bits per heavy atom. The van der Waals surface area contributed by atoms with E-state index in [4.69, 9.17) is 4.74 Å². The Morgan fingerprint density at radius 2 is 2.23 bits per heavy atom. The van der Waals surface area contributed by atoms with Gasteiger partial charge in [-0.15, -0.1) is 0 Å². The highest BCUT2D eigenvalue weighted by Crippen LogP contribution is 2.23. The smallest absolute Gasteiger partial charge is 0.0551 e. The van der Waals surface area contributed by atoms with Crippen LogP contribution < -0.4 is 5.32 Å². The van der Waals surface area contributed by atoms with Crippen molar-refractivity contribution >= 4 is 0 Å². The predicted molar refractivity (Wildman–Crippen MR) is 55.9 cm³/mol. The number of rotatable bonds is 5. The number of hydrogen-bond donors (Lipinski definition) is 1. The fourth-order valence-corrected chi connectivity index (χ4v) is 2.10. The first-order valence-corrected chi connectivity index (χ1v) is 5.62. The first-order chi connectivity index (χ1) is 6.27. The monoisotopic (exact) mass is 185 g/mol. The highest BCUT2D eigenvalue weighted by atomic mass is 16.5. The molecule has 1 heterocycles. The topological polar surface area (TPSA) is 21.3 Å². The van der Waals surface area contributed by atoms with Crippen LogP contribution in [-0.2, 0) is 4.74 Å². The van der Waals surface area contributed by atoms with Crippen molar-refractivity contribution < 1.29 is 4.74 Å². The molecule has 0 aromatic carbocycles. The maximum atomic E-state index is 5.59. The lowest BCUT2D eigenvalue weighted by atomic mass is 9.95. The van der Waals surface area contributed by atoms with Crippen LogP contribution in [0.4, 0.5) is 0 Å². The minimum atomic E-state index is 0.475. The van der Waals surface area contributed by atoms with E-state index in [0.717, 1.165) is 19.1 Å². The van der Waals surface area contributed by atoms with E-state index in [1.165, 1.54) is 19.3 Å². The summed E-state index contributed by atoms with van der Waals surface area (Å²) in [5.41, 5.74) is 0. The summed E-state index contributed by atoms with van der Waals surface area (Å²) >= 11 is 0. The third-order valence-corrected chi connectivity index (χ3v) is 2.89. The average Bonchev–Trinajstić information content (AvgIpc) is 2.54. The van der Waals surface area contributed by atoms with Gasteiger partial charge in [0, 0.05) is 12.0 Å². The van der Waals surface area contributed by atoms with E-state index in [1.54, 1.807) is 0 Å². The molecule has 0 bridgehead atoms. The van der Waals surface area contributed by atoms with Gasteiger partial charge in [0.1, 0.15) is 0 Å². The van der Waals surface area contributed by atoms with Gasteiger partial charge in [0.15, 0.2) is 0 Å². The Balaban J connectivity index is 2.29. The van der Waals surface area contributed by atoms with E-state index >= 15 is 0 Å². The molecule has 3 unspecified atom stereocenters. The van der Waals surface area contributed by atoms with Crippen molar-refractivity contribution in [3.8, 4) is 0 Å². The van der Waals surface area contributed by atoms with Gasteiger partial charge in [-0.2, -0.15) is 0 Å². The summed E-state index contributed by atoms with van der Waals surface area (Å²) in [6.45, 7) is 8.75. The van der Waals surface area contributed by atoms with Gasteiger partial charge in [-0.3, -0.25) is 0 Å². The third-order valence-electron chi connectivity index (χ3n) is 2.89. The summed E-state index contributed by atoms with van der Waals surface area (Å²) in [5.74, 6) is 0.742. The predicted octanol–water partition coefficient (Wildman–Crippen LogP) is 2.19. The van der Waals surface area contributed by atoms with Crippen molar-refractivity contribution in [1.82, 2.24) is 5.32 Å². The van der Waals surface area contributed by atoms with Crippen LogP contribution >= 0.6 is 0 Å². The van der Waals surface area contributed by atoms with Crippen LogP contribution in [0.25, 0.3) is 0 Å². The Bertz CT molecular complexity index is 138. The lowest BCUT2D eigenvalue weighted by molar-refractivity contribution is 0.116. The maximum Gasteiger partial charge on any atom is 0.0551 e. The van der Waals surface area contributed by atoms with Gasteiger partial charge in [-0.05, 0) is 32.7 Å². The first kappa shape index (κ1) is 11.0. The van der Waals surface area contributed by atoms with E-state index in [2.05, 4.69) is 26.1 Å². The molecule has 0 aromatic rings. The van der Waals surface area contributed by atoms with Crippen molar-refractivity contribution in [2.75, 3.05) is 13.2 Å². The SMILES string of the molecule is CCCNC(CC)C1COC(C)C1. The molecule has 3 atom stereocenters. The minimum Gasteiger partial charge on any atom is -0.378 e. The van der Waals surface area contributed by atoms with Crippen molar-refractivity contribution in [3.05, 3.63) is 0 Å². The Kier molecular flexibility index (Phi) is 4.74. The second-order valence-corrected chi connectivity index (χ2v) is 4.11. The van der Waals surface area contributed by atoms with E-state index in [-0.39, 0.29) is 0 Å². The van der Waals surface area contributed by atoms with Gasteiger partial charge in [0.2, 0.25) is 0 Å². The van der Waals surface area contributed by atoms with Gasteiger partial charge in [0.25, 0.3) is 0 Å². The Hall–Kier alpha value is -0.0800. The second-order valence-electron chi connectivity index (χ2n) is 4.11. The molecule has 1 aliphatic heterocycles. The molecule has 1 rings (SSSR count). The van der Waals surface area contributed by atoms with Gasteiger partial charge in [0.05, 0.1) is 12.7 Å². The van der Waals surface area contributed by atoms with Gasteiger partial charge >= 0.3 is 0 Å². The van der Waals surface area contributed by atoms with Crippen LogP contribution in [0.1, 0.15) is 40.0 Å². The molecule has 0 radical (unpaired) electrons. The van der Waals surface area contributed by atoms with Crippen LogP contribution in [0, 0.1) is 5.92 Å². The van der Waals surface area contributed by atoms with E-state index in [9.17, 15) is 0 Å². The molecule has 13 heavy (non-hydrogen) atoms. The molecule has 1 fully saturated rings. The molecule has 2 nitrogen and oxygen atoms in total. The summed E-state index contributed by atoms with van der Waals surface area (Å²) in [5, 5.41) is 3.60. The number of nitrogens with one attached hydrogen (secondary N) is 1. The second kappa shape index (κ2) is 5.61. The van der Waals surface area contributed by atoms with Crippen molar-refractivity contribution in [1.29, 1.82) is 0 Å². The summed E-state index contributed by atoms with van der Waals surface area (Å²) < 4.78 is 5.59. The van der Waals surface area contributed by atoms with Gasteiger partial charge < -0.3 is 10.1 Å². The molecule has 2 heteroatoms. The molecule has 1 aliphatic rings. The highest BCUT2D eigenvalue weighted by Gasteiger charge is 2.27. The number of ether oxygens (including phenoxy) is 1. The molecule has 1 saturated heterocycles. The zero-order valence-electron chi connectivity index (χ0n) is 9.18. The molecule has 0 aromatic heterocycles. The summed E-state index contributed by atoms with van der Waals surface area (Å²) in [7, 11) is 0. The van der Waals surface area contributed by atoms with Crippen LogP contribution in [0.15, 0.2) is 0 Å². The minimum absolute atomic E-state index is 0.475. The van der Waals surface area contributed by atoms with E-state index in [1.807, 2.05) is 0 Å². The van der Waals surface area contributed by atoms with Crippen LogP contribution in [0.2, 0.25) is 0 Å². The molecule has 0 saturated carbocycles. The van der Waals surface area contributed by atoms with Crippen LogP contribution in [-0.4, -0.2) is 25.3 Å². The first-order valence-electron chi connectivity index (χ1n) is 5.62. The Labute approximate surface area is 82.0 Å². The largest absolute Gasteiger partial charge is 0.378 e. The molecule has 78 valence electrons. The third kappa shape index (κ3) is 3.28. The normalized spacial score (nSPS) is 30.7. The number of hydrogen-bond acceptors (Lipinski definition) is 2.